The van der Waals surface area contributed by atoms with Crippen LogP contribution >= 0.6 is 0 Å². The SMILES string of the molecule is CCCCCCOc1ccc(-c2nccc(-c3ccc(C(C)=O)cc3)n2)cc1. The van der Waals surface area contributed by atoms with Crippen molar-refractivity contribution in [1.82, 2.24) is 9.97 Å². The minimum atomic E-state index is 0.0580. The van der Waals surface area contributed by atoms with Crippen LogP contribution in [0, 0.1) is 0 Å². The highest BCUT2D eigenvalue weighted by Gasteiger charge is 2.06. The predicted molar refractivity (Wildman–Crippen MR) is 113 cm³/mol. The molecule has 1 aromatic heterocycles. The molecule has 0 spiro atoms. The molecule has 0 unspecified atom stereocenters. The van der Waals surface area contributed by atoms with Crippen LogP contribution in [0.25, 0.3) is 22.6 Å². The molecule has 3 aromatic rings. The van der Waals surface area contributed by atoms with Crippen molar-refractivity contribution >= 4 is 5.78 Å². The Balaban J connectivity index is 1.68. The van der Waals surface area contributed by atoms with Crippen molar-refractivity contribution in [1.29, 1.82) is 0 Å². The summed E-state index contributed by atoms with van der Waals surface area (Å²) in [6.07, 6.45) is 6.54. The van der Waals surface area contributed by atoms with E-state index in [4.69, 9.17) is 4.74 Å². The molecule has 3 rings (SSSR count). The lowest BCUT2D eigenvalue weighted by atomic mass is 10.1. The minimum absolute atomic E-state index is 0.0580. The summed E-state index contributed by atoms with van der Waals surface area (Å²) in [5, 5.41) is 0. The van der Waals surface area contributed by atoms with E-state index in [0.29, 0.717) is 11.4 Å². The molecule has 0 aliphatic heterocycles. The number of nitrogens with zero attached hydrogens (tertiary/aromatic N) is 2. The van der Waals surface area contributed by atoms with Gasteiger partial charge in [-0.1, -0.05) is 50.5 Å². The molecular formula is C24H26N2O2. The number of rotatable bonds is 9. The van der Waals surface area contributed by atoms with Gasteiger partial charge in [-0.25, -0.2) is 9.97 Å². The molecular weight excluding hydrogens is 348 g/mol. The molecule has 144 valence electrons. The third-order valence-corrected chi connectivity index (χ3v) is 4.62. The number of ketones is 1. The average molecular weight is 374 g/mol. The Morgan fingerprint density at radius 2 is 1.61 bits per heavy atom. The zero-order valence-electron chi connectivity index (χ0n) is 16.5. The summed E-state index contributed by atoms with van der Waals surface area (Å²) in [6.45, 7) is 4.52. The molecule has 4 heteroatoms. The number of Topliss-reactive ketones (excluding diaryl/α,β-unsaturated/α-hetero) is 1. The van der Waals surface area contributed by atoms with Crippen molar-refractivity contribution in [3.63, 3.8) is 0 Å². The summed E-state index contributed by atoms with van der Waals surface area (Å²) in [7, 11) is 0. The van der Waals surface area contributed by atoms with Crippen molar-refractivity contribution < 1.29 is 9.53 Å². The van der Waals surface area contributed by atoms with Gasteiger partial charge in [0.25, 0.3) is 0 Å². The quantitative estimate of drug-likeness (QED) is 0.342. The van der Waals surface area contributed by atoms with Crippen LogP contribution in [0.15, 0.2) is 60.8 Å². The fourth-order valence-corrected chi connectivity index (χ4v) is 2.95. The first-order chi connectivity index (χ1) is 13.7. The lowest BCUT2D eigenvalue weighted by Gasteiger charge is -2.08. The largest absolute Gasteiger partial charge is 0.494 e. The number of aromatic nitrogens is 2. The highest BCUT2D eigenvalue weighted by atomic mass is 16.5. The Bertz CT molecular complexity index is 903. The van der Waals surface area contributed by atoms with E-state index in [0.717, 1.165) is 35.6 Å². The summed E-state index contributed by atoms with van der Waals surface area (Å²) >= 11 is 0. The summed E-state index contributed by atoms with van der Waals surface area (Å²) in [5.41, 5.74) is 3.43. The number of carbonyl (C=O) groups is 1. The number of carbonyl (C=O) groups excluding carboxylic acids is 1. The summed E-state index contributed by atoms with van der Waals surface area (Å²) in [4.78, 5) is 20.5. The van der Waals surface area contributed by atoms with Crippen molar-refractivity contribution in [2.24, 2.45) is 0 Å². The smallest absolute Gasteiger partial charge is 0.159 e. The maximum atomic E-state index is 11.4. The van der Waals surface area contributed by atoms with Gasteiger partial charge in [-0.15, -0.1) is 0 Å². The summed E-state index contributed by atoms with van der Waals surface area (Å²) in [5.74, 6) is 1.60. The van der Waals surface area contributed by atoms with Gasteiger partial charge in [-0.2, -0.15) is 0 Å². The van der Waals surface area contributed by atoms with Crippen molar-refractivity contribution in [2.75, 3.05) is 6.61 Å². The third kappa shape index (κ3) is 5.26. The molecule has 0 amide bonds. The summed E-state index contributed by atoms with van der Waals surface area (Å²) in [6, 6.07) is 17.3. The van der Waals surface area contributed by atoms with Crippen LogP contribution in [0.4, 0.5) is 0 Å². The second-order valence-electron chi connectivity index (χ2n) is 6.83. The third-order valence-electron chi connectivity index (χ3n) is 4.62. The molecule has 0 radical (unpaired) electrons. The van der Waals surface area contributed by atoms with E-state index in [9.17, 15) is 4.79 Å². The molecule has 0 atom stereocenters. The maximum Gasteiger partial charge on any atom is 0.159 e. The average Bonchev–Trinajstić information content (AvgIpc) is 2.74. The van der Waals surface area contributed by atoms with Crippen molar-refractivity contribution in [3.8, 4) is 28.4 Å². The van der Waals surface area contributed by atoms with E-state index < -0.39 is 0 Å². The van der Waals surface area contributed by atoms with E-state index in [2.05, 4.69) is 16.9 Å². The van der Waals surface area contributed by atoms with Crippen LogP contribution in [0.3, 0.4) is 0 Å². The first-order valence-electron chi connectivity index (χ1n) is 9.85. The van der Waals surface area contributed by atoms with Gasteiger partial charge in [0, 0.05) is 22.9 Å². The molecule has 1 heterocycles. The zero-order chi connectivity index (χ0) is 19.8. The second-order valence-corrected chi connectivity index (χ2v) is 6.83. The molecule has 0 saturated carbocycles. The topological polar surface area (TPSA) is 52.1 Å². The Kier molecular flexibility index (Phi) is 6.90. The summed E-state index contributed by atoms with van der Waals surface area (Å²) < 4.78 is 5.80. The minimum Gasteiger partial charge on any atom is -0.494 e. The number of benzene rings is 2. The Labute approximate surface area is 166 Å². The molecule has 0 N–H and O–H groups in total. The lowest BCUT2D eigenvalue weighted by molar-refractivity contribution is 0.101. The first kappa shape index (κ1) is 19.7. The van der Waals surface area contributed by atoms with Gasteiger partial charge in [-0.05, 0) is 43.7 Å². The molecule has 0 bridgehead atoms. The molecule has 0 fully saturated rings. The van der Waals surface area contributed by atoms with Gasteiger partial charge in [0.2, 0.25) is 0 Å². The Morgan fingerprint density at radius 1 is 0.893 bits per heavy atom. The van der Waals surface area contributed by atoms with E-state index in [1.807, 2.05) is 54.6 Å². The zero-order valence-corrected chi connectivity index (χ0v) is 16.5. The van der Waals surface area contributed by atoms with Crippen LogP contribution in [0.2, 0.25) is 0 Å². The molecule has 28 heavy (non-hydrogen) atoms. The van der Waals surface area contributed by atoms with E-state index in [1.54, 1.807) is 13.1 Å². The second kappa shape index (κ2) is 9.79. The van der Waals surface area contributed by atoms with Crippen LogP contribution in [0.5, 0.6) is 5.75 Å². The number of hydrogen-bond acceptors (Lipinski definition) is 4. The Hall–Kier alpha value is -3.01. The highest BCUT2D eigenvalue weighted by molar-refractivity contribution is 5.94. The van der Waals surface area contributed by atoms with Gasteiger partial charge >= 0.3 is 0 Å². The fraction of sp³-hybridized carbons (Fsp3) is 0.292. The van der Waals surface area contributed by atoms with Gasteiger partial charge in [0.1, 0.15) is 5.75 Å². The van der Waals surface area contributed by atoms with Gasteiger partial charge in [0.05, 0.1) is 12.3 Å². The molecule has 4 nitrogen and oxygen atoms in total. The van der Waals surface area contributed by atoms with Crippen LogP contribution < -0.4 is 4.74 Å². The van der Waals surface area contributed by atoms with Gasteiger partial charge in [-0.3, -0.25) is 4.79 Å². The molecule has 0 saturated heterocycles. The van der Waals surface area contributed by atoms with Crippen LogP contribution in [-0.4, -0.2) is 22.4 Å². The van der Waals surface area contributed by atoms with Gasteiger partial charge < -0.3 is 4.74 Å². The fourth-order valence-electron chi connectivity index (χ4n) is 2.95. The van der Waals surface area contributed by atoms with Crippen molar-refractivity contribution in [3.05, 3.63) is 66.4 Å². The Morgan fingerprint density at radius 3 is 2.29 bits per heavy atom. The predicted octanol–water partition coefficient (Wildman–Crippen LogP) is 5.97. The van der Waals surface area contributed by atoms with Gasteiger partial charge in [0.15, 0.2) is 11.6 Å². The normalized spacial score (nSPS) is 10.6. The number of hydrogen-bond donors (Lipinski definition) is 0. The number of unbranched alkanes of at least 4 members (excludes halogenated alkanes) is 3. The maximum absolute atomic E-state index is 11.4. The molecule has 0 aliphatic carbocycles. The number of ether oxygens (including phenoxy) is 1. The van der Waals surface area contributed by atoms with E-state index >= 15 is 0 Å². The van der Waals surface area contributed by atoms with Crippen molar-refractivity contribution in [2.45, 2.75) is 39.5 Å². The van der Waals surface area contributed by atoms with Crippen LogP contribution in [0.1, 0.15) is 49.9 Å². The highest BCUT2D eigenvalue weighted by Crippen LogP contribution is 2.23. The first-order valence-corrected chi connectivity index (χ1v) is 9.85. The standard InChI is InChI=1S/C24H26N2O2/c1-3-4-5-6-17-28-22-13-11-21(12-14-22)24-25-16-15-23(26-24)20-9-7-19(8-10-20)18(2)27/h7-16H,3-6,17H2,1-2H3. The molecule has 0 aliphatic rings. The van der Waals surface area contributed by atoms with E-state index in [-0.39, 0.29) is 5.78 Å². The van der Waals surface area contributed by atoms with E-state index in [1.165, 1.54) is 19.3 Å². The molecule has 2 aromatic carbocycles. The lowest BCUT2D eigenvalue weighted by Crippen LogP contribution is -1.97. The van der Waals surface area contributed by atoms with Crippen LogP contribution in [-0.2, 0) is 0 Å². The monoisotopic (exact) mass is 374 g/mol.